The van der Waals surface area contributed by atoms with Crippen molar-refractivity contribution in [3.8, 4) is 5.88 Å². The fraction of sp³-hybridized carbons (Fsp3) is 0.538. The standard InChI is InChI=1S/C26H34F2N2O4Si/c1-25(14-21(27)28)23-20(10-11-22(29-23)34-15-19-8-6-5-7-9-19)26(16-33-17-26)30(24(25)31)18-32-12-13-35(2,3)4/h5-11,21H,12-18H2,1-4H3. The van der Waals surface area contributed by atoms with Crippen LogP contribution in [-0.4, -0.2) is 56.8 Å². The Morgan fingerprint density at radius 2 is 1.86 bits per heavy atom. The molecule has 1 aromatic heterocycles. The van der Waals surface area contributed by atoms with Gasteiger partial charge in [-0.1, -0.05) is 50.0 Å². The number of carbonyl (C=O) groups is 1. The highest BCUT2D eigenvalue weighted by Crippen LogP contribution is 2.49. The van der Waals surface area contributed by atoms with Gasteiger partial charge in [-0.25, -0.2) is 13.8 Å². The molecule has 6 nitrogen and oxygen atoms in total. The molecule has 1 fully saturated rings. The number of nitrogens with zero attached hydrogens (tertiary/aromatic N) is 2. The normalized spacial score (nSPS) is 21.2. The maximum Gasteiger partial charge on any atom is 0.240 e. The first-order valence-corrected chi connectivity index (χ1v) is 15.7. The zero-order valence-corrected chi connectivity index (χ0v) is 21.9. The fourth-order valence-electron chi connectivity index (χ4n) is 4.60. The number of halogens is 2. The van der Waals surface area contributed by atoms with Gasteiger partial charge in [0, 0.05) is 32.7 Å². The highest BCUT2D eigenvalue weighted by atomic mass is 28.3. The number of carbonyl (C=O) groups excluding carboxylic acids is 1. The molecule has 0 radical (unpaired) electrons. The second-order valence-electron chi connectivity index (χ2n) is 10.9. The largest absolute Gasteiger partial charge is 0.473 e. The van der Waals surface area contributed by atoms with Crippen LogP contribution in [0.1, 0.15) is 30.2 Å². The van der Waals surface area contributed by atoms with E-state index < -0.39 is 37.8 Å². The van der Waals surface area contributed by atoms with E-state index in [1.165, 1.54) is 0 Å². The van der Waals surface area contributed by atoms with Crippen molar-refractivity contribution in [1.82, 2.24) is 9.88 Å². The van der Waals surface area contributed by atoms with Gasteiger partial charge in [-0.15, -0.1) is 0 Å². The van der Waals surface area contributed by atoms with E-state index in [1.54, 1.807) is 17.9 Å². The van der Waals surface area contributed by atoms with Crippen molar-refractivity contribution in [2.45, 2.75) is 63.0 Å². The van der Waals surface area contributed by atoms with Crippen LogP contribution in [0.25, 0.3) is 0 Å². The second-order valence-corrected chi connectivity index (χ2v) is 16.5. The molecule has 3 heterocycles. The lowest BCUT2D eigenvalue weighted by molar-refractivity contribution is -0.198. The minimum Gasteiger partial charge on any atom is -0.473 e. The Hall–Kier alpha value is -2.36. The third-order valence-corrected chi connectivity index (χ3v) is 8.52. The predicted molar refractivity (Wildman–Crippen MR) is 131 cm³/mol. The van der Waals surface area contributed by atoms with Crippen molar-refractivity contribution in [3.05, 3.63) is 59.3 Å². The van der Waals surface area contributed by atoms with Gasteiger partial charge in [-0.05, 0) is 24.6 Å². The van der Waals surface area contributed by atoms with Crippen LogP contribution in [0.4, 0.5) is 8.78 Å². The Kier molecular flexibility index (Phi) is 7.31. The molecule has 2 aliphatic rings. The number of pyridine rings is 1. The van der Waals surface area contributed by atoms with Gasteiger partial charge in [-0.3, -0.25) is 4.79 Å². The molecule has 2 aliphatic heterocycles. The molecule has 1 unspecified atom stereocenters. The van der Waals surface area contributed by atoms with Crippen molar-refractivity contribution in [3.63, 3.8) is 0 Å². The number of hydrogen-bond acceptors (Lipinski definition) is 5. The van der Waals surface area contributed by atoms with E-state index >= 15 is 0 Å². The first-order valence-electron chi connectivity index (χ1n) is 12.0. The van der Waals surface area contributed by atoms with E-state index in [9.17, 15) is 13.6 Å². The van der Waals surface area contributed by atoms with Crippen LogP contribution >= 0.6 is 0 Å². The van der Waals surface area contributed by atoms with Crippen molar-refractivity contribution in [2.75, 3.05) is 26.6 Å². The fourth-order valence-corrected chi connectivity index (χ4v) is 5.36. The molecule has 9 heteroatoms. The van der Waals surface area contributed by atoms with Crippen molar-refractivity contribution in [2.24, 2.45) is 0 Å². The molecule has 0 saturated carbocycles. The van der Waals surface area contributed by atoms with Crippen LogP contribution in [0, 0.1) is 0 Å². The lowest BCUT2D eigenvalue weighted by Crippen LogP contribution is -2.68. The number of rotatable bonds is 10. The van der Waals surface area contributed by atoms with Crippen LogP contribution in [-0.2, 0) is 31.8 Å². The van der Waals surface area contributed by atoms with Crippen molar-refractivity contribution in [1.29, 1.82) is 0 Å². The molecule has 1 amide bonds. The third-order valence-electron chi connectivity index (χ3n) is 6.82. The SMILES string of the molecule is CC1(CC(F)F)C(=O)N(COCC[Si](C)(C)C)C2(COC2)c2ccc(OCc3ccccc3)nc21. The molecule has 1 saturated heterocycles. The summed E-state index contributed by atoms with van der Waals surface area (Å²) >= 11 is 0. The molecule has 0 aliphatic carbocycles. The summed E-state index contributed by atoms with van der Waals surface area (Å²) in [5.41, 5.74) is -0.233. The second kappa shape index (κ2) is 9.95. The topological polar surface area (TPSA) is 60.9 Å². The Morgan fingerprint density at radius 1 is 1.14 bits per heavy atom. The smallest absolute Gasteiger partial charge is 0.240 e. The lowest BCUT2D eigenvalue weighted by Gasteiger charge is -2.56. The highest BCUT2D eigenvalue weighted by Gasteiger charge is 2.60. The number of aromatic nitrogens is 1. The minimum absolute atomic E-state index is 0.0389. The zero-order valence-electron chi connectivity index (χ0n) is 20.9. The lowest BCUT2D eigenvalue weighted by atomic mass is 9.69. The van der Waals surface area contributed by atoms with E-state index in [-0.39, 0.29) is 26.6 Å². The maximum absolute atomic E-state index is 13.8. The van der Waals surface area contributed by atoms with Gasteiger partial charge in [0.15, 0.2) is 0 Å². The molecule has 4 rings (SSSR count). The van der Waals surface area contributed by atoms with E-state index in [0.29, 0.717) is 18.2 Å². The summed E-state index contributed by atoms with van der Waals surface area (Å²) in [4.78, 5) is 20.0. The summed E-state index contributed by atoms with van der Waals surface area (Å²) < 4.78 is 44.9. The number of ether oxygens (including phenoxy) is 3. The Bertz CT molecular complexity index is 1040. The number of amides is 1. The highest BCUT2D eigenvalue weighted by molar-refractivity contribution is 6.76. The minimum atomic E-state index is -2.67. The molecule has 1 spiro atoms. The molecule has 1 aromatic carbocycles. The number of benzene rings is 1. The number of alkyl halides is 2. The maximum atomic E-state index is 13.8. The summed E-state index contributed by atoms with van der Waals surface area (Å²) in [6.45, 7) is 9.72. The van der Waals surface area contributed by atoms with Gasteiger partial charge < -0.3 is 19.1 Å². The van der Waals surface area contributed by atoms with Gasteiger partial charge in [0.1, 0.15) is 18.9 Å². The van der Waals surface area contributed by atoms with Crippen LogP contribution < -0.4 is 4.74 Å². The Balaban J connectivity index is 1.65. The summed E-state index contributed by atoms with van der Waals surface area (Å²) in [7, 11) is -1.31. The van der Waals surface area contributed by atoms with Crippen molar-refractivity contribution >= 4 is 14.0 Å². The monoisotopic (exact) mass is 504 g/mol. The van der Waals surface area contributed by atoms with Crippen molar-refractivity contribution < 1.29 is 27.8 Å². The average Bonchev–Trinajstić information content (AvgIpc) is 2.77. The molecule has 190 valence electrons. The summed E-state index contributed by atoms with van der Waals surface area (Å²) in [5, 5.41) is 0. The van der Waals surface area contributed by atoms with Gasteiger partial charge in [0.25, 0.3) is 0 Å². The van der Waals surface area contributed by atoms with Gasteiger partial charge in [-0.2, -0.15) is 0 Å². The molecule has 2 aromatic rings. The quantitative estimate of drug-likeness (QED) is 0.338. The molecule has 0 bridgehead atoms. The molecular weight excluding hydrogens is 470 g/mol. The molecule has 1 atom stereocenters. The first-order chi connectivity index (χ1) is 16.6. The number of hydrogen-bond donors (Lipinski definition) is 0. The van der Waals surface area contributed by atoms with Gasteiger partial charge in [0.2, 0.25) is 18.2 Å². The average molecular weight is 505 g/mol. The van der Waals surface area contributed by atoms with E-state index in [1.807, 2.05) is 36.4 Å². The summed E-state index contributed by atoms with van der Waals surface area (Å²) in [6, 6.07) is 14.2. The Labute approximate surface area is 206 Å². The van der Waals surface area contributed by atoms with Gasteiger partial charge in [0.05, 0.1) is 24.3 Å². The van der Waals surface area contributed by atoms with Crippen LogP contribution in [0.15, 0.2) is 42.5 Å². The van der Waals surface area contributed by atoms with E-state index in [2.05, 4.69) is 24.6 Å². The number of fused-ring (bicyclic) bond motifs is 2. The van der Waals surface area contributed by atoms with Gasteiger partial charge >= 0.3 is 0 Å². The summed E-state index contributed by atoms with van der Waals surface area (Å²) in [5.74, 6) is -0.106. The zero-order chi connectivity index (χ0) is 25.3. The van der Waals surface area contributed by atoms with E-state index in [0.717, 1.165) is 17.2 Å². The summed E-state index contributed by atoms with van der Waals surface area (Å²) in [6.07, 6.45) is -3.30. The van der Waals surface area contributed by atoms with Crippen LogP contribution in [0.3, 0.4) is 0 Å². The first kappa shape index (κ1) is 25.7. The molecule has 35 heavy (non-hydrogen) atoms. The van der Waals surface area contributed by atoms with Crippen LogP contribution in [0.5, 0.6) is 5.88 Å². The Morgan fingerprint density at radius 3 is 2.46 bits per heavy atom. The predicted octanol–water partition coefficient (Wildman–Crippen LogP) is 4.95. The van der Waals surface area contributed by atoms with Crippen LogP contribution in [0.2, 0.25) is 25.7 Å². The third kappa shape index (κ3) is 5.27. The van der Waals surface area contributed by atoms with E-state index in [4.69, 9.17) is 14.2 Å². The molecular formula is C26H34F2N2O4Si. The molecule has 0 N–H and O–H groups in total.